The fourth-order valence-corrected chi connectivity index (χ4v) is 6.34. The maximum atomic E-state index is 12.8. The molecule has 0 aromatic rings. The van der Waals surface area contributed by atoms with Gasteiger partial charge < -0.3 is 14.2 Å². The number of carbonyl (C=O) groups excluding carboxylic acids is 3. The first-order valence-corrected chi connectivity index (χ1v) is 25.3. The van der Waals surface area contributed by atoms with Gasteiger partial charge in [0.05, 0.1) is 0 Å². The molecule has 1 atom stereocenters. The SMILES string of the molecule is CC\C=C/C=C\C=C/C=C\C=C\C=C/C=C\CCCCCC(=O)OCC(COC(=O)CC/C=C\C/C=C\CCCCCCCC)OC(=O)CCCCCCCCC/C=C\C/C=C\CC. The average Bonchev–Trinajstić information content (AvgIpc) is 3.29. The minimum atomic E-state index is -0.828. The van der Waals surface area contributed by atoms with E-state index in [1.165, 1.54) is 57.8 Å². The summed E-state index contributed by atoms with van der Waals surface area (Å²) in [6.45, 7) is 6.25. The zero-order valence-electron chi connectivity index (χ0n) is 40.7. The first-order valence-electron chi connectivity index (χ1n) is 25.3. The van der Waals surface area contributed by atoms with Gasteiger partial charge in [-0.25, -0.2) is 0 Å². The molecule has 0 aromatic heterocycles. The summed E-state index contributed by atoms with van der Waals surface area (Å²) in [5.41, 5.74) is 0. The van der Waals surface area contributed by atoms with Gasteiger partial charge in [0.25, 0.3) is 0 Å². The highest BCUT2D eigenvalue weighted by molar-refractivity contribution is 5.71. The lowest BCUT2D eigenvalue weighted by molar-refractivity contribution is -0.166. The predicted octanol–water partition coefficient (Wildman–Crippen LogP) is 16.7. The fraction of sp³-hybridized carbons (Fsp3) is 0.569. The van der Waals surface area contributed by atoms with E-state index in [9.17, 15) is 14.4 Å². The Morgan fingerprint density at radius 1 is 0.344 bits per heavy atom. The molecule has 0 aliphatic heterocycles. The third-order valence-electron chi connectivity index (χ3n) is 10.1. The Balaban J connectivity index is 4.58. The summed E-state index contributed by atoms with van der Waals surface area (Å²) in [7, 11) is 0. The van der Waals surface area contributed by atoms with E-state index in [1.807, 2.05) is 79.0 Å². The Bertz CT molecular complexity index is 1430. The molecule has 0 radical (unpaired) electrons. The van der Waals surface area contributed by atoms with Gasteiger partial charge in [-0.15, -0.1) is 0 Å². The minimum Gasteiger partial charge on any atom is -0.462 e. The van der Waals surface area contributed by atoms with Gasteiger partial charge in [0.15, 0.2) is 6.10 Å². The van der Waals surface area contributed by atoms with Crippen LogP contribution in [0.4, 0.5) is 0 Å². The summed E-state index contributed by atoms with van der Waals surface area (Å²) in [6, 6.07) is 0. The van der Waals surface area contributed by atoms with Crippen LogP contribution in [0.25, 0.3) is 0 Å². The van der Waals surface area contributed by atoms with Crippen LogP contribution in [0.2, 0.25) is 0 Å². The van der Waals surface area contributed by atoms with Crippen molar-refractivity contribution in [1.82, 2.24) is 0 Å². The van der Waals surface area contributed by atoms with Crippen molar-refractivity contribution in [3.63, 3.8) is 0 Å². The number of ether oxygens (including phenoxy) is 3. The van der Waals surface area contributed by atoms with E-state index in [2.05, 4.69) is 75.5 Å². The number of unbranched alkanes of at least 4 members (excludes halogenated alkanes) is 16. The summed E-state index contributed by atoms with van der Waals surface area (Å²) in [6.07, 6.45) is 71.5. The molecule has 0 heterocycles. The van der Waals surface area contributed by atoms with Crippen LogP contribution < -0.4 is 0 Å². The van der Waals surface area contributed by atoms with Gasteiger partial charge in [-0.05, 0) is 83.5 Å². The second kappa shape index (κ2) is 51.2. The number of hydrogen-bond donors (Lipinski definition) is 0. The zero-order chi connectivity index (χ0) is 46.5. The van der Waals surface area contributed by atoms with E-state index in [0.29, 0.717) is 19.3 Å². The van der Waals surface area contributed by atoms with Crippen LogP contribution in [0.5, 0.6) is 0 Å². The molecule has 0 fully saturated rings. The molecule has 0 aliphatic carbocycles. The molecule has 0 spiro atoms. The van der Waals surface area contributed by atoms with Gasteiger partial charge in [0.1, 0.15) is 13.2 Å². The molecule has 0 rings (SSSR count). The average molecular weight is 883 g/mol. The molecule has 0 aliphatic rings. The molecule has 6 nitrogen and oxygen atoms in total. The zero-order valence-corrected chi connectivity index (χ0v) is 40.7. The summed E-state index contributed by atoms with van der Waals surface area (Å²) in [4.78, 5) is 37.9. The Morgan fingerprint density at radius 3 is 1.23 bits per heavy atom. The molecular weight excluding hydrogens is 793 g/mol. The molecule has 0 saturated carbocycles. The number of allylic oxidation sites excluding steroid dienone is 22. The quantitative estimate of drug-likeness (QED) is 0.0200. The smallest absolute Gasteiger partial charge is 0.306 e. The van der Waals surface area contributed by atoms with Crippen molar-refractivity contribution in [3.8, 4) is 0 Å². The molecule has 0 saturated heterocycles. The van der Waals surface area contributed by atoms with E-state index in [1.54, 1.807) is 0 Å². The number of rotatable bonds is 43. The Hall–Kier alpha value is -4.45. The first kappa shape index (κ1) is 59.5. The summed E-state index contributed by atoms with van der Waals surface area (Å²) in [5.74, 6) is -1.06. The lowest BCUT2D eigenvalue weighted by Crippen LogP contribution is -2.30. The Kier molecular flexibility index (Phi) is 47.6. The molecule has 64 heavy (non-hydrogen) atoms. The number of esters is 3. The molecule has 358 valence electrons. The fourth-order valence-electron chi connectivity index (χ4n) is 6.34. The molecule has 0 amide bonds. The molecule has 1 unspecified atom stereocenters. The number of carbonyl (C=O) groups is 3. The third-order valence-corrected chi connectivity index (χ3v) is 10.1. The lowest BCUT2D eigenvalue weighted by Gasteiger charge is -2.18. The largest absolute Gasteiger partial charge is 0.462 e. The maximum absolute atomic E-state index is 12.8. The van der Waals surface area contributed by atoms with Crippen molar-refractivity contribution in [2.75, 3.05) is 13.2 Å². The molecule has 6 heteroatoms. The van der Waals surface area contributed by atoms with Crippen LogP contribution >= 0.6 is 0 Å². The van der Waals surface area contributed by atoms with Gasteiger partial charge in [0.2, 0.25) is 0 Å². The first-order chi connectivity index (χ1) is 31.5. The third kappa shape index (κ3) is 48.6. The van der Waals surface area contributed by atoms with E-state index < -0.39 is 6.10 Å². The van der Waals surface area contributed by atoms with Crippen molar-refractivity contribution in [2.24, 2.45) is 0 Å². The monoisotopic (exact) mass is 883 g/mol. The summed E-state index contributed by atoms with van der Waals surface area (Å²) >= 11 is 0. The van der Waals surface area contributed by atoms with Crippen LogP contribution in [-0.4, -0.2) is 37.2 Å². The van der Waals surface area contributed by atoms with Gasteiger partial charge in [0, 0.05) is 19.3 Å². The molecule has 0 aromatic carbocycles. The highest BCUT2D eigenvalue weighted by atomic mass is 16.6. The molecular formula is C58H90O6. The van der Waals surface area contributed by atoms with Crippen LogP contribution in [0.15, 0.2) is 134 Å². The van der Waals surface area contributed by atoms with Crippen LogP contribution in [0, 0.1) is 0 Å². The highest BCUT2D eigenvalue weighted by Gasteiger charge is 2.19. The second-order valence-corrected chi connectivity index (χ2v) is 16.1. The van der Waals surface area contributed by atoms with Crippen molar-refractivity contribution in [2.45, 2.75) is 200 Å². The predicted molar refractivity (Wildman–Crippen MR) is 274 cm³/mol. The van der Waals surface area contributed by atoms with Crippen molar-refractivity contribution < 1.29 is 28.6 Å². The highest BCUT2D eigenvalue weighted by Crippen LogP contribution is 2.13. The topological polar surface area (TPSA) is 78.9 Å². The Morgan fingerprint density at radius 2 is 0.719 bits per heavy atom. The van der Waals surface area contributed by atoms with E-state index in [4.69, 9.17) is 14.2 Å². The Labute approximate surface area is 392 Å². The van der Waals surface area contributed by atoms with Gasteiger partial charge >= 0.3 is 17.9 Å². The van der Waals surface area contributed by atoms with Crippen LogP contribution in [0.3, 0.4) is 0 Å². The normalized spacial score (nSPS) is 13.2. The lowest BCUT2D eigenvalue weighted by atomic mass is 10.1. The number of hydrogen-bond acceptors (Lipinski definition) is 6. The van der Waals surface area contributed by atoms with Crippen LogP contribution in [-0.2, 0) is 28.6 Å². The van der Waals surface area contributed by atoms with E-state index in [0.717, 1.165) is 83.5 Å². The summed E-state index contributed by atoms with van der Waals surface area (Å²) < 4.78 is 16.7. The van der Waals surface area contributed by atoms with Gasteiger partial charge in [-0.1, -0.05) is 225 Å². The standard InChI is InChI=1S/C58H90O6/c1-4-7-10-13-16-19-22-25-27-28-29-30-31-34-36-39-42-45-48-51-57(60)63-54-55(53-62-56(59)50-47-44-41-38-35-32-24-21-18-15-12-9-6-3)64-58(61)52-49-46-43-40-37-33-26-23-20-17-14-11-8-5-2/h7-8,10-11,13,16-17,19-20,22,25,27-32,34-36,41,44,55H,4-6,9,12,14-15,18,21,23-24,26,33,37-40,42-43,45-54H2,1-3H3/b10-7-,11-8-,16-13-,20-17-,22-19-,27-25-,29-28+,31-30-,35-32-,36-34-,44-41-. The minimum absolute atomic E-state index is 0.127. The second-order valence-electron chi connectivity index (χ2n) is 16.1. The molecule has 0 N–H and O–H groups in total. The van der Waals surface area contributed by atoms with E-state index >= 15 is 0 Å². The van der Waals surface area contributed by atoms with Gasteiger partial charge in [-0.2, -0.15) is 0 Å². The van der Waals surface area contributed by atoms with Crippen LogP contribution in [0.1, 0.15) is 194 Å². The van der Waals surface area contributed by atoms with Crippen molar-refractivity contribution >= 4 is 17.9 Å². The maximum Gasteiger partial charge on any atom is 0.306 e. The van der Waals surface area contributed by atoms with Gasteiger partial charge in [-0.3, -0.25) is 14.4 Å². The summed E-state index contributed by atoms with van der Waals surface area (Å²) in [5, 5.41) is 0. The van der Waals surface area contributed by atoms with Crippen molar-refractivity contribution in [3.05, 3.63) is 134 Å². The van der Waals surface area contributed by atoms with E-state index in [-0.39, 0.29) is 44.0 Å². The van der Waals surface area contributed by atoms with Crippen molar-refractivity contribution in [1.29, 1.82) is 0 Å². The molecule has 0 bridgehead atoms.